The third kappa shape index (κ3) is 2.26. The molecular formula is C15H20N2O. The van der Waals surface area contributed by atoms with Gasteiger partial charge < -0.3 is 9.47 Å². The zero-order valence-electron chi connectivity index (χ0n) is 11.4. The van der Waals surface area contributed by atoms with Crippen LogP contribution in [0.2, 0.25) is 0 Å². The Morgan fingerprint density at radius 2 is 2.17 bits per heavy atom. The van der Waals surface area contributed by atoms with E-state index in [1.807, 2.05) is 41.8 Å². The van der Waals surface area contributed by atoms with Crippen molar-refractivity contribution in [2.24, 2.45) is 7.05 Å². The van der Waals surface area contributed by atoms with Crippen molar-refractivity contribution in [1.82, 2.24) is 9.47 Å². The fourth-order valence-corrected chi connectivity index (χ4v) is 2.49. The van der Waals surface area contributed by atoms with Crippen molar-refractivity contribution >= 4 is 5.91 Å². The Hall–Kier alpha value is -1.77. The minimum absolute atomic E-state index is 0.119. The Morgan fingerprint density at radius 1 is 1.44 bits per heavy atom. The van der Waals surface area contributed by atoms with Crippen molar-refractivity contribution < 1.29 is 4.79 Å². The summed E-state index contributed by atoms with van der Waals surface area (Å²) < 4.78 is 1.90. The van der Waals surface area contributed by atoms with Gasteiger partial charge in [0.15, 0.2) is 0 Å². The van der Waals surface area contributed by atoms with Gasteiger partial charge in [0.1, 0.15) is 5.69 Å². The summed E-state index contributed by atoms with van der Waals surface area (Å²) >= 11 is 0. The van der Waals surface area contributed by atoms with Gasteiger partial charge in [-0.05, 0) is 37.5 Å². The number of allylic oxidation sites excluding steroid dienone is 1. The molecule has 3 heteroatoms. The van der Waals surface area contributed by atoms with Gasteiger partial charge in [0.05, 0.1) is 0 Å². The fourth-order valence-electron chi connectivity index (χ4n) is 2.49. The molecule has 2 rings (SSSR count). The van der Waals surface area contributed by atoms with Crippen LogP contribution in [0.4, 0.5) is 0 Å². The molecule has 0 radical (unpaired) electrons. The average molecular weight is 244 g/mol. The van der Waals surface area contributed by atoms with E-state index in [0.717, 1.165) is 24.2 Å². The second kappa shape index (κ2) is 4.84. The van der Waals surface area contributed by atoms with Gasteiger partial charge in [-0.3, -0.25) is 4.79 Å². The summed E-state index contributed by atoms with van der Waals surface area (Å²) in [5, 5.41) is 0. The standard InChI is InChI=1S/C15H20N2O/c1-5-13-6-7-17(10-12(13)3)15(18)14-8-11(2)9-16(14)4/h5,8-9H,1,6-7,10H2,2-4H3. The van der Waals surface area contributed by atoms with Crippen LogP contribution in [0.15, 0.2) is 36.1 Å². The van der Waals surface area contributed by atoms with Gasteiger partial charge in [-0.1, -0.05) is 18.2 Å². The topological polar surface area (TPSA) is 25.2 Å². The summed E-state index contributed by atoms with van der Waals surface area (Å²) in [4.78, 5) is 14.3. The number of nitrogens with zero attached hydrogens (tertiary/aromatic N) is 2. The summed E-state index contributed by atoms with van der Waals surface area (Å²) in [5.41, 5.74) is 4.41. The van der Waals surface area contributed by atoms with E-state index < -0.39 is 0 Å². The smallest absolute Gasteiger partial charge is 0.270 e. The highest BCUT2D eigenvalue weighted by atomic mass is 16.2. The first-order valence-electron chi connectivity index (χ1n) is 6.26. The summed E-state index contributed by atoms with van der Waals surface area (Å²) in [6.45, 7) is 9.39. The average Bonchev–Trinajstić information content (AvgIpc) is 2.67. The molecule has 1 aromatic heterocycles. The zero-order chi connectivity index (χ0) is 13.3. The summed E-state index contributed by atoms with van der Waals surface area (Å²) in [6, 6.07) is 1.95. The maximum Gasteiger partial charge on any atom is 0.270 e. The van der Waals surface area contributed by atoms with Gasteiger partial charge in [0.2, 0.25) is 0 Å². The summed E-state index contributed by atoms with van der Waals surface area (Å²) in [7, 11) is 1.92. The monoisotopic (exact) mass is 244 g/mol. The van der Waals surface area contributed by atoms with E-state index in [1.54, 1.807) is 0 Å². The third-order valence-electron chi connectivity index (χ3n) is 3.52. The molecule has 1 aliphatic heterocycles. The number of aromatic nitrogens is 1. The van der Waals surface area contributed by atoms with Crippen LogP contribution >= 0.6 is 0 Å². The molecule has 0 atom stereocenters. The molecule has 1 aliphatic rings. The van der Waals surface area contributed by atoms with Crippen LogP contribution in [0.25, 0.3) is 0 Å². The van der Waals surface area contributed by atoms with Crippen molar-refractivity contribution in [2.75, 3.05) is 13.1 Å². The van der Waals surface area contributed by atoms with Crippen LogP contribution in [-0.2, 0) is 7.05 Å². The van der Waals surface area contributed by atoms with E-state index in [-0.39, 0.29) is 5.91 Å². The van der Waals surface area contributed by atoms with Crippen molar-refractivity contribution in [3.8, 4) is 0 Å². The Morgan fingerprint density at radius 3 is 2.67 bits per heavy atom. The van der Waals surface area contributed by atoms with Crippen molar-refractivity contribution in [3.05, 3.63) is 47.3 Å². The van der Waals surface area contributed by atoms with Crippen LogP contribution in [0.1, 0.15) is 29.4 Å². The van der Waals surface area contributed by atoms with Crippen LogP contribution in [0.5, 0.6) is 0 Å². The summed E-state index contributed by atoms with van der Waals surface area (Å²) in [6.07, 6.45) is 4.79. The number of hydrogen-bond acceptors (Lipinski definition) is 1. The van der Waals surface area contributed by atoms with E-state index in [9.17, 15) is 4.79 Å². The first-order chi connectivity index (χ1) is 8.52. The Balaban J connectivity index is 2.20. The highest BCUT2D eigenvalue weighted by Crippen LogP contribution is 2.20. The highest BCUT2D eigenvalue weighted by Gasteiger charge is 2.22. The van der Waals surface area contributed by atoms with Crippen LogP contribution in [0.3, 0.4) is 0 Å². The Labute approximate surface area is 108 Å². The fraction of sp³-hybridized carbons (Fsp3) is 0.400. The minimum atomic E-state index is 0.119. The van der Waals surface area contributed by atoms with Crippen LogP contribution in [0, 0.1) is 6.92 Å². The quantitative estimate of drug-likeness (QED) is 0.785. The molecule has 0 aliphatic carbocycles. The van der Waals surface area contributed by atoms with E-state index in [0.29, 0.717) is 6.54 Å². The minimum Gasteiger partial charge on any atom is -0.346 e. The maximum absolute atomic E-state index is 12.4. The Kier molecular flexibility index (Phi) is 3.41. The number of rotatable bonds is 2. The lowest BCUT2D eigenvalue weighted by Gasteiger charge is -2.29. The molecule has 0 aromatic carbocycles. The van der Waals surface area contributed by atoms with E-state index in [1.165, 1.54) is 11.1 Å². The van der Waals surface area contributed by atoms with Crippen molar-refractivity contribution in [3.63, 3.8) is 0 Å². The molecule has 0 N–H and O–H groups in total. The molecule has 0 unspecified atom stereocenters. The molecule has 0 saturated heterocycles. The Bertz CT molecular complexity index is 523. The first kappa shape index (κ1) is 12.7. The second-order valence-electron chi connectivity index (χ2n) is 5.00. The van der Waals surface area contributed by atoms with E-state index in [4.69, 9.17) is 0 Å². The van der Waals surface area contributed by atoms with Gasteiger partial charge in [0.25, 0.3) is 5.91 Å². The third-order valence-corrected chi connectivity index (χ3v) is 3.52. The zero-order valence-corrected chi connectivity index (χ0v) is 11.4. The number of amides is 1. The maximum atomic E-state index is 12.4. The largest absolute Gasteiger partial charge is 0.346 e. The normalized spacial score (nSPS) is 16.1. The number of aryl methyl sites for hydroxylation is 2. The molecule has 1 aromatic rings. The molecule has 2 heterocycles. The van der Waals surface area contributed by atoms with E-state index in [2.05, 4.69) is 13.5 Å². The van der Waals surface area contributed by atoms with Gasteiger partial charge in [-0.25, -0.2) is 0 Å². The van der Waals surface area contributed by atoms with E-state index >= 15 is 0 Å². The lowest BCUT2D eigenvalue weighted by Crippen LogP contribution is -2.37. The molecule has 1 amide bonds. The highest BCUT2D eigenvalue weighted by molar-refractivity contribution is 5.93. The van der Waals surface area contributed by atoms with Gasteiger partial charge >= 0.3 is 0 Å². The molecule has 0 fully saturated rings. The predicted octanol–water partition coefficient (Wildman–Crippen LogP) is 2.68. The lowest BCUT2D eigenvalue weighted by molar-refractivity contribution is 0.0755. The first-order valence-corrected chi connectivity index (χ1v) is 6.26. The molecule has 0 spiro atoms. The van der Waals surface area contributed by atoms with Crippen molar-refractivity contribution in [1.29, 1.82) is 0 Å². The number of carbonyl (C=O) groups excluding carboxylic acids is 1. The SMILES string of the molecule is C=CC1=C(C)CN(C(=O)c2cc(C)cn2C)CC1. The molecular weight excluding hydrogens is 224 g/mol. The number of hydrogen-bond donors (Lipinski definition) is 0. The summed E-state index contributed by atoms with van der Waals surface area (Å²) in [5.74, 6) is 0.119. The molecule has 96 valence electrons. The van der Waals surface area contributed by atoms with Crippen LogP contribution < -0.4 is 0 Å². The van der Waals surface area contributed by atoms with Gasteiger partial charge in [-0.15, -0.1) is 0 Å². The molecule has 18 heavy (non-hydrogen) atoms. The van der Waals surface area contributed by atoms with Gasteiger partial charge in [-0.2, -0.15) is 0 Å². The van der Waals surface area contributed by atoms with Crippen LogP contribution in [-0.4, -0.2) is 28.5 Å². The van der Waals surface area contributed by atoms with Gasteiger partial charge in [0, 0.05) is 26.3 Å². The molecule has 0 saturated carbocycles. The molecule has 3 nitrogen and oxygen atoms in total. The predicted molar refractivity (Wildman–Crippen MR) is 73.6 cm³/mol. The van der Waals surface area contributed by atoms with Crippen molar-refractivity contribution in [2.45, 2.75) is 20.3 Å². The molecule has 0 bridgehead atoms. The second-order valence-corrected chi connectivity index (χ2v) is 5.00. The number of carbonyl (C=O) groups is 1. The lowest BCUT2D eigenvalue weighted by atomic mass is 10.0.